The summed E-state index contributed by atoms with van der Waals surface area (Å²) in [4.78, 5) is 5.14. The van der Waals surface area contributed by atoms with Gasteiger partial charge in [-0.25, -0.2) is 0 Å². The van der Waals surface area contributed by atoms with E-state index < -0.39 is 0 Å². The summed E-state index contributed by atoms with van der Waals surface area (Å²) < 4.78 is 14.2. The minimum Gasteiger partial charge on any atom is -0.457 e. The fourth-order valence-electron chi connectivity index (χ4n) is 12.2. The second-order valence-corrected chi connectivity index (χ2v) is 18.5. The normalized spacial score (nSPS) is 13.7. The lowest BCUT2D eigenvalue weighted by atomic mass is 9.32. The van der Waals surface area contributed by atoms with Crippen molar-refractivity contribution in [3.63, 3.8) is 0 Å². The first-order valence-corrected chi connectivity index (χ1v) is 22.0. The van der Waals surface area contributed by atoms with Crippen molar-refractivity contribution >= 4 is 124 Å². The molecule has 0 N–H and O–H groups in total. The molecule has 62 heavy (non-hydrogen) atoms. The lowest BCUT2D eigenvalue weighted by Gasteiger charge is -2.49. The molecule has 0 fully saturated rings. The zero-order valence-corrected chi connectivity index (χ0v) is 36.4. The Morgan fingerprint density at radius 3 is 1.15 bits per heavy atom. The van der Waals surface area contributed by atoms with E-state index in [1.807, 2.05) is 0 Å². The third-order valence-electron chi connectivity index (χ3n) is 14.4. The van der Waals surface area contributed by atoms with Crippen LogP contribution < -0.4 is 42.6 Å². The molecule has 0 unspecified atom stereocenters. The van der Waals surface area contributed by atoms with Crippen molar-refractivity contribution in [3.05, 3.63) is 166 Å². The van der Waals surface area contributed by atoms with Gasteiger partial charge in [-0.05, 0) is 137 Å². The van der Waals surface area contributed by atoms with Gasteiger partial charge in [0.2, 0.25) is 0 Å². The molecule has 0 spiro atoms. The van der Waals surface area contributed by atoms with Gasteiger partial charge < -0.3 is 18.6 Å². The van der Waals surface area contributed by atoms with Gasteiger partial charge in [0.05, 0.1) is 22.7 Å². The number of hydrogen-bond donors (Lipinski definition) is 0. The van der Waals surface area contributed by atoms with Gasteiger partial charge in [-0.1, -0.05) is 117 Å². The summed E-state index contributed by atoms with van der Waals surface area (Å²) >= 11 is 0. The molecule has 0 atom stereocenters. The Morgan fingerprint density at radius 2 is 0.742 bits per heavy atom. The fraction of sp³-hybridized carbons (Fsp3) is 0.143. The van der Waals surface area contributed by atoms with Gasteiger partial charge in [-0.2, -0.15) is 0 Å². The smallest absolute Gasteiger partial charge is 0.252 e. The Morgan fingerprint density at radius 1 is 0.355 bits per heavy atom. The van der Waals surface area contributed by atoms with E-state index in [1.165, 1.54) is 111 Å². The molecule has 0 radical (unpaired) electrons. The van der Waals surface area contributed by atoms with E-state index in [4.69, 9.17) is 8.83 Å². The average molecular weight is 799 g/mol. The van der Waals surface area contributed by atoms with Gasteiger partial charge >= 0.3 is 0 Å². The lowest BCUT2D eigenvalue weighted by molar-refractivity contribution is 0.670. The van der Waals surface area contributed by atoms with E-state index in [0.29, 0.717) is 0 Å². The largest absolute Gasteiger partial charge is 0.457 e. The van der Waals surface area contributed by atoms with Crippen LogP contribution in [0.1, 0.15) is 44.5 Å². The molecular formula is C56H44B2N2O2. The number of rotatable bonds is 2. The first-order valence-electron chi connectivity index (χ1n) is 22.0. The van der Waals surface area contributed by atoms with Gasteiger partial charge in [-0.3, -0.25) is 0 Å². The average Bonchev–Trinajstić information content (AvgIpc) is 3.79. The molecule has 296 valence electrons. The number of hydrogen-bond acceptors (Lipinski definition) is 4. The minimum absolute atomic E-state index is 0.0668. The quantitative estimate of drug-likeness (QED) is 0.163. The highest BCUT2D eigenvalue weighted by Crippen LogP contribution is 2.56. The number of nitrogens with zero attached hydrogens (tertiary/aromatic N) is 2. The van der Waals surface area contributed by atoms with Crippen molar-refractivity contribution in [1.29, 1.82) is 0 Å². The highest BCUT2D eigenvalue weighted by molar-refractivity contribution is 7.01. The van der Waals surface area contributed by atoms with Crippen molar-refractivity contribution in [2.45, 2.75) is 55.4 Å². The summed E-state index contributed by atoms with van der Waals surface area (Å²) in [6.07, 6.45) is 0. The molecule has 10 aromatic rings. The first kappa shape index (κ1) is 35.8. The summed E-state index contributed by atoms with van der Waals surface area (Å²) in [6, 6.07) is 46.0. The topological polar surface area (TPSA) is 32.8 Å². The molecule has 8 aromatic carbocycles. The van der Waals surface area contributed by atoms with Crippen molar-refractivity contribution in [2.75, 3.05) is 9.80 Å². The molecule has 4 nitrogen and oxygen atoms in total. The van der Waals surface area contributed by atoms with E-state index in [0.717, 1.165) is 43.9 Å². The number of para-hydroxylation sites is 2. The predicted molar refractivity (Wildman–Crippen MR) is 264 cm³/mol. The van der Waals surface area contributed by atoms with Crippen LogP contribution in [0.15, 0.2) is 130 Å². The standard InChI is InChI=1S/C56H44B2N2O2/c1-29-15-17-37-39-19-21-43-51(55(39)61-47(37)27-29)57(49-33(5)23-31(3)24-34(49)6)41-11-9-14-46-53(41)59(43)45-13-10-12-42-54(45)60(46)44-22-20-40-38-18-16-30(2)28-48(38)62-56(40)52(44)58(42)50-35(7)25-32(4)26-36(50)8/h9-28H,1-8H3. The van der Waals surface area contributed by atoms with Crippen LogP contribution in [-0.2, 0) is 0 Å². The van der Waals surface area contributed by atoms with E-state index in [9.17, 15) is 0 Å². The van der Waals surface area contributed by atoms with Crippen LogP contribution in [0.3, 0.4) is 0 Å². The van der Waals surface area contributed by atoms with E-state index in [-0.39, 0.29) is 13.4 Å². The second kappa shape index (κ2) is 12.4. The molecule has 6 heteroatoms. The van der Waals surface area contributed by atoms with E-state index in [1.54, 1.807) is 0 Å². The van der Waals surface area contributed by atoms with Crippen LogP contribution in [0.25, 0.3) is 43.9 Å². The summed E-state index contributed by atoms with van der Waals surface area (Å²) in [7, 11) is 0. The third kappa shape index (κ3) is 4.59. The maximum absolute atomic E-state index is 7.09. The molecule has 3 aliphatic rings. The molecule has 0 amide bonds. The van der Waals surface area contributed by atoms with Crippen LogP contribution in [0.5, 0.6) is 0 Å². The van der Waals surface area contributed by atoms with Crippen molar-refractivity contribution in [3.8, 4) is 0 Å². The predicted octanol–water partition coefficient (Wildman–Crippen LogP) is 10.9. The van der Waals surface area contributed by atoms with Gasteiger partial charge in [0.25, 0.3) is 13.4 Å². The Hall–Kier alpha value is -6.91. The Kier molecular flexibility index (Phi) is 7.13. The monoisotopic (exact) mass is 798 g/mol. The molecule has 0 aliphatic carbocycles. The zero-order chi connectivity index (χ0) is 42.0. The number of fused-ring (bicyclic) bond motifs is 14. The van der Waals surface area contributed by atoms with Gasteiger partial charge in [0, 0.05) is 32.9 Å². The summed E-state index contributed by atoms with van der Waals surface area (Å²) in [5, 5.41) is 4.62. The molecule has 0 saturated carbocycles. The second-order valence-electron chi connectivity index (χ2n) is 18.5. The summed E-state index contributed by atoms with van der Waals surface area (Å²) in [5.74, 6) is 0. The van der Waals surface area contributed by atoms with Crippen LogP contribution in [0, 0.1) is 55.4 Å². The molecule has 3 aliphatic heterocycles. The van der Waals surface area contributed by atoms with Gasteiger partial charge in [0.15, 0.2) is 0 Å². The molecule has 0 saturated heterocycles. The minimum atomic E-state index is -0.0668. The van der Waals surface area contributed by atoms with Gasteiger partial charge in [-0.15, -0.1) is 0 Å². The van der Waals surface area contributed by atoms with Crippen LogP contribution in [0.2, 0.25) is 0 Å². The van der Waals surface area contributed by atoms with E-state index >= 15 is 0 Å². The number of benzene rings is 8. The fourth-order valence-corrected chi connectivity index (χ4v) is 12.2. The van der Waals surface area contributed by atoms with Crippen molar-refractivity contribution in [1.82, 2.24) is 0 Å². The van der Waals surface area contributed by atoms with Crippen molar-refractivity contribution < 1.29 is 8.83 Å². The number of anilines is 6. The van der Waals surface area contributed by atoms with Crippen LogP contribution in [-0.4, -0.2) is 13.4 Å². The highest BCUT2D eigenvalue weighted by Gasteiger charge is 2.48. The molecule has 0 bridgehead atoms. The Balaban J connectivity index is 1.18. The number of aryl methyl sites for hydroxylation is 8. The molecule has 2 aromatic heterocycles. The van der Waals surface area contributed by atoms with Gasteiger partial charge in [0.1, 0.15) is 22.3 Å². The maximum atomic E-state index is 7.09. The molecule has 5 heterocycles. The Labute approximate surface area is 362 Å². The zero-order valence-electron chi connectivity index (χ0n) is 36.4. The van der Waals surface area contributed by atoms with E-state index in [2.05, 4.69) is 187 Å². The lowest BCUT2D eigenvalue weighted by Crippen LogP contribution is -2.62. The SMILES string of the molecule is Cc1cc(C)c(B2c3cccc4c3N(c3cccc5c3N4c3ccc4c(oc6cc(C)ccc64)c3B5c3c(C)cc(C)cc3C)c3ccc4c(oc5cc(C)ccc54)c32)c(C)c1. The van der Waals surface area contributed by atoms with Crippen molar-refractivity contribution in [2.24, 2.45) is 0 Å². The number of furan rings is 2. The molecular weight excluding hydrogens is 754 g/mol. The molecule has 13 rings (SSSR count). The van der Waals surface area contributed by atoms with Crippen LogP contribution >= 0.6 is 0 Å². The third-order valence-corrected chi connectivity index (χ3v) is 14.4. The Bertz CT molecular complexity index is 3380. The highest BCUT2D eigenvalue weighted by atomic mass is 16.3. The first-order chi connectivity index (χ1) is 30.0. The van der Waals surface area contributed by atoms with Crippen LogP contribution in [0.4, 0.5) is 34.1 Å². The summed E-state index contributed by atoms with van der Waals surface area (Å²) in [5.41, 5.74) is 28.7. The maximum Gasteiger partial charge on any atom is 0.252 e. The summed E-state index contributed by atoms with van der Waals surface area (Å²) in [6.45, 7) is 17.7.